The van der Waals surface area contributed by atoms with E-state index in [1.165, 1.54) is 74.5 Å². The molecule has 7 aromatic rings. The third-order valence-electron chi connectivity index (χ3n) is 7.84. The molecule has 6 aromatic carbocycles. The van der Waals surface area contributed by atoms with Gasteiger partial charge in [0.15, 0.2) is 0 Å². The smallest absolute Gasteiger partial charge is 0.0433 e. The lowest BCUT2D eigenvalue weighted by molar-refractivity contribution is 1.29. The van der Waals surface area contributed by atoms with Gasteiger partial charge in [-0.15, -0.1) is 11.3 Å². The monoisotopic (exact) mass is 544 g/mol. The Kier molecular flexibility index (Phi) is 5.51. The van der Waals surface area contributed by atoms with Crippen LogP contribution in [0.2, 0.25) is 0 Å². The normalized spacial score (nSPS) is 12.4. The molecule has 0 spiro atoms. The van der Waals surface area contributed by atoms with E-state index in [2.05, 4.69) is 140 Å². The summed E-state index contributed by atoms with van der Waals surface area (Å²) in [5.41, 5.74) is 11.0. The highest BCUT2D eigenvalue weighted by molar-refractivity contribution is 7.99. The first kappa shape index (κ1) is 23.5. The van der Waals surface area contributed by atoms with Crippen LogP contribution in [0.4, 0.5) is 0 Å². The van der Waals surface area contributed by atoms with Crippen molar-refractivity contribution in [1.29, 1.82) is 0 Å². The number of benzene rings is 6. The molecule has 0 bridgehead atoms. The molecule has 0 aliphatic carbocycles. The molecule has 1 aliphatic heterocycles. The number of hydrogen-bond donors (Lipinski definition) is 0. The van der Waals surface area contributed by atoms with Crippen molar-refractivity contribution in [3.8, 4) is 33.4 Å². The van der Waals surface area contributed by atoms with E-state index >= 15 is 0 Å². The average molecular weight is 545 g/mol. The summed E-state index contributed by atoms with van der Waals surface area (Å²) in [4.78, 5) is 2.55. The standard InChI is InChI=1S/C38H24S2/c1-24-30-13-2-4-17-35(30)39-37-20-19-28(23-34(24)37)26-10-6-9-25(21-26)27-11-7-12-29(22-27)31-15-8-16-33-32-14-3-5-18-36(32)40-38(31)33/h2-23H,1H2. The fourth-order valence-electron chi connectivity index (χ4n) is 5.82. The van der Waals surface area contributed by atoms with Crippen molar-refractivity contribution in [2.45, 2.75) is 9.79 Å². The predicted molar refractivity (Wildman–Crippen MR) is 174 cm³/mol. The van der Waals surface area contributed by atoms with Crippen molar-refractivity contribution in [2.24, 2.45) is 0 Å². The van der Waals surface area contributed by atoms with E-state index in [1.54, 1.807) is 0 Å². The highest BCUT2D eigenvalue weighted by Gasteiger charge is 2.20. The van der Waals surface area contributed by atoms with E-state index in [-0.39, 0.29) is 0 Å². The van der Waals surface area contributed by atoms with E-state index in [9.17, 15) is 0 Å². The van der Waals surface area contributed by atoms with E-state index in [0.29, 0.717) is 0 Å². The second-order valence-electron chi connectivity index (χ2n) is 10.2. The van der Waals surface area contributed by atoms with Gasteiger partial charge in [0.2, 0.25) is 0 Å². The fourth-order valence-corrected chi connectivity index (χ4v) is 8.17. The molecule has 8 rings (SSSR count). The van der Waals surface area contributed by atoms with Crippen LogP contribution in [0.25, 0.3) is 59.1 Å². The Morgan fingerprint density at radius 3 is 1.88 bits per heavy atom. The predicted octanol–water partition coefficient (Wildman–Crippen LogP) is 11.6. The van der Waals surface area contributed by atoms with Crippen LogP contribution in [0.3, 0.4) is 0 Å². The third-order valence-corrected chi connectivity index (χ3v) is 10.2. The highest BCUT2D eigenvalue weighted by Crippen LogP contribution is 2.46. The summed E-state index contributed by atoms with van der Waals surface area (Å²) in [6.07, 6.45) is 0. The Morgan fingerprint density at radius 1 is 0.425 bits per heavy atom. The molecule has 0 atom stereocenters. The molecule has 0 saturated heterocycles. The molecule has 2 heterocycles. The Balaban J connectivity index is 1.18. The minimum absolute atomic E-state index is 1.10. The maximum absolute atomic E-state index is 4.46. The zero-order valence-corrected chi connectivity index (χ0v) is 23.4. The SMILES string of the molecule is C=C1c2ccccc2Sc2ccc(-c3cccc(-c4cccc(-c5cccc6c5sc5ccccc56)c4)c3)cc21. The topological polar surface area (TPSA) is 0 Å². The minimum Gasteiger partial charge on any atom is -0.135 e. The summed E-state index contributed by atoms with van der Waals surface area (Å²) < 4.78 is 2.69. The molecule has 0 saturated carbocycles. The molecule has 2 heteroatoms. The van der Waals surface area contributed by atoms with E-state index in [0.717, 1.165) is 5.57 Å². The maximum Gasteiger partial charge on any atom is 0.0433 e. The van der Waals surface area contributed by atoms with Crippen molar-refractivity contribution < 1.29 is 0 Å². The van der Waals surface area contributed by atoms with Gasteiger partial charge in [-0.2, -0.15) is 0 Å². The van der Waals surface area contributed by atoms with Gasteiger partial charge in [0, 0.05) is 30.0 Å². The molecule has 0 N–H and O–H groups in total. The minimum atomic E-state index is 1.10. The molecular formula is C38H24S2. The summed E-state index contributed by atoms with van der Waals surface area (Å²) in [5.74, 6) is 0. The Hall–Kier alpha value is -4.37. The van der Waals surface area contributed by atoms with Crippen molar-refractivity contribution >= 4 is 48.8 Å². The lowest BCUT2D eigenvalue weighted by Crippen LogP contribution is -1.98. The van der Waals surface area contributed by atoms with Crippen molar-refractivity contribution in [2.75, 3.05) is 0 Å². The van der Waals surface area contributed by atoms with Gasteiger partial charge in [0.25, 0.3) is 0 Å². The second-order valence-corrected chi connectivity index (χ2v) is 12.4. The summed E-state index contributed by atoms with van der Waals surface area (Å²) in [6, 6.07) is 48.6. The summed E-state index contributed by atoms with van der Waals surface area (Å²) in [7, 11) is 0. The Morgan fingerprint density at radius 2 is 1.02 bits per heavy atom. The van der Waals surface area contributed by atoms with Crippen LogP contribution >= 0.6 is 23.1 Å². The molecule has 40 heavy (non-hydrogen) atoms. The van der Waals surface area contributed by atoms with Gasteiger partial charge in [-0.1, -0.05) is 115 Å². The molecule has 0 unspecified atom stereocenters. The Bertz CT molecular complexity index is 2110. The number of hydrogen-bond acceptors (Lipinski definition) is 2. The largest absolute Gasteiger partial charge is 0.135 e. The first-order chi connectivity index (χ1) is 19.7. The fraction of sp³-hybridized carbons (Fsp3) is 0. The number of thiophene rings is 1. The molecule has 0 fully saturated rings. The number of fused-ring (bicyclic) bond motifs is 5. The van der Waals surface area contributed by atoms with Crippen LogP contribution in [0, 0.1) is 0 Å². The third kappa shape index (κ3) is 3.83. The van der Waals surface area contributed by atoms with Gasteiger partial charge in [-0.05, 0) is 86.5 Å². The summed E-state index contributed by atoms with van der Waals surface area (Å²) >= 11 is 3.71. The molecule has 0 radical (unpaired) electrons. The quantitative estimate of drug-likeness (QED) is 0.213. The zero-order valence-electron chi connectivity index (χ0n) is 21.7. The zero-order chi connectivity index (χ0) is 26.6. The second kappa shape index (κ2) is 9.38. The average Bonchev–Trinajstić information content (AvgIpc) is 3.40. The van der Waals surface area contributed by atoms with Gasteiger partial charge in [-0.3, -0.25) is 0 Å². The first-order valence-corrected chi connectivity index (χ1v) is 15.1. The van der Waals surface area contributed by atoms with E-state index < -0.39 is 0 Å². The Labute approximate surface area is 242 Å². The molecule has 1 aromatic heterocycles. The summed E-state index contributed by atoms with van der Waals surface area (Å²) in [5, 5.41) is 2.67. The molecular weight excluding hydrogens is 521 g/mol. The maximum atomic E-state index is 4.46. The van der Waals surface area contributed by atoms with Gasteiger partial charge < -0.3 is 0 Å². The summed E-state index contributed by atoms with van der Waals surface area (Å²) in [6.45, 7) is 4.46. The van der Waals surface area contributed by atoms with Crippen LogP contribution in [-0.2, 0) is 0 Å². The van der Waals surface area contributed by atoms with Crippen LogP contribution in [0.15, 0.2) is 150 Å². The van der Waals surface area contributed by atoms with Crippen molar-refractivity contribution in [3.63, 3.8) is 0 Å². The van der Waals surface area contributed by atoms with Crippen LogP contribution in [0.1, 0.15) is 11.1 Å². The van der Waals surface area contributed by atoms with Gasteiger partial charge in [0.1, 0.15) is 0 Å². The lowest BCUT2D eigenvalue weighted by Gasteiger charge is -2.22. The molecule has 0 amide bonds. The highest BCUT2D eigenvalue weighted by atomic mass is 32.2. The van der Waals surface area contributed by atoms with E-state index in [1.807, 2.05) is 23.1 Å². The van der Waals surface area contributed by atoms with E-state index in [4.69, 9.17) is 0 Å². The molecule has 0 nitrogen and oxygen atoms in total. The lowest BCUT2D eigenvalue weighted by atomic mass is 9.93. The molecule has 188 valence electrons. The van der Waals surface area contributed by atoms with Crippen LogP contribution in [-0.4, -0.2) is 0 Å². The number of rotatable bonds is 3. The van der Waals surface area contributed by atoms with Crippen LogP contribution in [0.5, 0.6) is 0 Å². The van der Waals surface area contributed by atoms with Gasteiger partial charge >= 0.3 is 0 Å². The van der Waals surface area contributed by atoms with Crippen LogP contribution < -0.4 is 0 Å². The van der Waals surface area contributed by atoms with Gasteiger partial charge in [-0.25, -0.2) is 0 Å². The van der Waals surface area contributed by atoms with Gasteiger partial charge in [0.05, 0.1) is 0 Å². The van der Waals surface area contributed by atoms with Crippen molar-refractivity contribution in [1.82, 2.24) is 0 Å². The van der Waals surface area contributed by atoms with Crippen molar-refractivity contribution in [3.05, 3.63) is 151 Å². The first-order valence-electron chi connectivity index (χ1n) is 13.4. The molecule has 1 aliphatic rings.